The molecule has 0 spiro atoms. The van der Waals surface area contributed by atoms with Crippen molar-refractivity contribution < 1.29 is 4.79 Å². The van der Waals surface area contributed by atoms with Crippen molar-refractivity contribution in [3.05, 3.63) is 63.6 Å². The van der Waals surface area contributed by atoms with Crippen molar-refractivity contribution >= 4 is 39.1 Å². The Morgan fingerprint density at radius 3 is 2.68 bits per heavy atom. The molecule has 2 rings (SSSR count). The normalized spacial score (nSPS) is 10.3. The molecular weight excluding hydrogens is 326 g/mol. The number of alkyl halides is 1. The van der Waals surface area contributed by atoms with E-state index in [9.17, 15) is 4.79 Å². The van der Waals surface area contributed by atoms with Crippen LogP contribution in [0.2, 0.25) is 0 Å². The molecule has 0 atom stereocenters. The molecule has 0 bridgehead atoms. The van der Waals surface area contributed by atoms with Gasteiger partial charge in [0.2, 0.25) is 0 Å². The minimum atomic E-state index is -0.128. The summed E-state index contributed by atoms with van der Waals surface area (Å²) in [5, 5.41) is 2.90. The van der Waals surface area contributed by atoms with Gasteiger partial charge in [0.15, 0.2) is 0 Å². The van der Waals surface area contributed by atoms with Gasteiger partial charge in [-0.2, -0.15) is 0 Å². The number of halogens is 2. The Hall–Kier alpha value is -1.32. The predicted octanol–water partition coefficient (Wildman–Crippen LogP) is 4.75. The smallest absolute Gasteiger partial charge is 0.255 e. The Morgan fingerprint density at radius 2 is 1.95 bits per heavy atom. The average Bonchev–Trinajstić information content (AvgIpc) is 2.42. The molecule has 0 aliphatic rings. The number of anilines is 1. The molecule has 0 aliphatic carbocycles. The minimum Gasteiger partial charge on any atom is -0.322 e. The number of hydrogen-bond donors (Lipinski definition) is 1. The first-order valence-electron chi connectivity index (χ1n) is 5.84. The van der Waals surface area contributed by atoms with E-state index in [2.05, 4.69) is 21.2 Å². The summed E-state index contributed by atoms with van der Waals surface area (Å²) >= 11 is 9.29. The van der Waals surface area contributed by atoms with Crippen LogP contribution in [0.1, 0.15) is 21.5 Å². The molecule has 1 N–H and O–H groups in total. The van der Waals surface area contributed by atoms with Crippen molar-refractivity contribution in [2.24, 2.45) is 0 Å². The second-order valence-corrected chi connectivity index (χ2v) is 5.28. The third-order valence-electron chi connectivity index (χ3n) is 2.92. The fraction of sp³-hybridized carbons (Fsp3) is 0.133. The fourth-order valence-electron chi connectivity index (χ4n) is 1.80. The van der Waals surface area contributed by atoms with Crippen LogP contribution in [0.3, 0.4) is 0 Å². The van der Waals surface area contributed by atoms with Crippen LogP contribution < -0.4 is 5.32 Å². The Kier molecular flexibility index (Phi) is 4.61. The number of amides is 1. The lowest BCUT2D eigenvalue weighted by Crippen LogP contribution is -2.14. The molecule has 0 heterocycles. The van der Waals surface area contributed by atoms with Gasteiger partial charge in [0.05, 0.1) is 0 Å². The van der Waals surface area contributed by atoms with Crippen LogP contribution in [0, 0.1) is 6.92 Å². The second-order valence-electron chi connectivity index (χ2n) is 4.16. The van der Waals surface area contributed by atoms with E-state index in [1.54, 1.807) is 6.07 Å². The van der Waals surface area contributed by atoms with Gasteiger partial charge in [-0.1, -0.05) is 40.2 Å². The van der Waals surface area contributed by atoms with Gasteiger partial charge >= 0.3 is 0 Å². The van der Waals surface area contributed by atoms with Gasteiger partial charge in [0.25, 0.3) is 5.91 Å². The molecule has 0 unspecified atom stereocenters. The van der Waals surface area contributed by atoms with Gasteiger partial charge in [-0.3, -0.25) is 4.79 Å². The number of rotatable bonds is 3. The van der Waals surface area contributed by atoms with Crippen LogP contribution >= 0.6 is 27.5 Å². The van der Waals surface area contributed by atoms with E-state index in [1.807, 2.05) is 43.3 Å². The highest BCUT2D eigenvalue weighted by molar-refractivity contribution is 9.10. The van der Waals surface area contributed by atoms with Crippen molar-refractivity contribution in [1.82, 2.24) is 0 Å². The quantitative estimate of drug-likeness (QED) is 0.804. The average molecular weight is 339 g/mol. The molecule has 0 radical (unpaired) electrons. The Morgan fingerprint density at radius 1 is 1.21 bits per heavy atom. The summed E-state index contributed by atoms with van der Waals surface area (Å²) in [4.78, 5) is 12.3. The molecular formula is C15H13BrClNO. The van der Waals surface area contributed by atoms with Crippen LogP contribution in [0.25, 0.3) is 0 Å². The molecule has 0 aromatic heterocycles. The highest BCUT2D eigenvalue weighted by Crippen LogP contribution is 2.22. The number of carbonyl (C=O) groups is 1. The van der Waals surface area contributed by atoms with Gasteiger partial charge in [0.1, 0.15) is 0 Å². The third-order valence-corrected chi connectivity index (χ3v) is 4.07. The van der Waals surface area contributed by atoms with Crippen LogP contribution in [-0.4, -0.2) is 5.91 Å². The van der Waals surface area contributed by atoms with E-state index < -0.39 is 0 Å². The van der Waals surface area contributed by atoms with E-state index in [-0.39, 0.29) is 5.91 Å². The minimum absolute atomic E-state index is 0.128. The predicted molar refractivity (Wildman–Crippen MR) is 82.8 cm³/mol. The summed E-state index contributed by atoms with van der Waals surface area (Å²) in [6.07, 6.45) is 0. The maximum Gasteiger partial charge on any atom is 0.255 e. The Bertz CT molecular complexity index is 613. The van der Waals surface area contributed by atoms with Crippen molar-refractivity contribution in [1.29, 1.82) is 0 Å². The summed E-state index contributed by atoms with van der Waals surface area (Å²) in [7, 11) is 0. The largest absolute Gasteiger partial charge is 0.322 e. The summed E-state index contributed by atoms with van der Waals surface area (Å²) < 4.78 is 0.922. The Balaban J connectivity index is 2.28. The maximum atomic E-state index is 12.3. The standard InChI is InChI=1S/C15H13BrClNO/c1-10-12(6-4-7-13(10)16)15(19)18-14-8-3-2-5-11(14)9-17/h2-8H,9H2,1H3,(H,18,19). The SMILES string of the molecule is Cc1c(Br)cccc1C(=O)Nc1ccccc1CCl. The van der Waals surface area contributed by atoms with Gasteiger partial charge in [-0.25, -0.2) is 0 Å². The number of hydrogen-bond acceptors (Lipinski definition) is 1. The zero-order chi connectivity index (χ0) is 13.8. The van der Waals surface area contributed by atoms with E-state index in [4.69, 9.17) is 11.6 Å². The molecule has 0 aliphatic heterocycles. The second kappa shape index (κ2) is 6.22. The van der Waals surface area contributed by atoms with E-state index in [1.165, 1.54) is 0 Å². The van der Waals surface area contributed by atoms with Gasteiger partial charge in [0, 0.05) is 21.6 Å². The highest BCUT2D eigenvalue weighted by atomic mass is 79.9. The van der Waals surface area contributed by atoms with Gasteiger partial charge in [-0.05, 0) is 36.2 Å². The molecule has 2 aromatic rings. The first-order valence-corrected chi connectivity index (χ1v) is 7.16. The number of nitrogens with one attached hydrogen (secondary N) is 1. The van der Waals surface area contributed by atoms with Crippen molar-refractivity contribution in [2.75, 3.05) is 5.32 Å². The highest BCUT2D eigenvalue weighted by Gasteiger charge is 2.12. The topological polar surface area (TPSA) is 29.1 Å². The lowest BCUT2D eigenvalue weighted by atomic mass is 10.1. The van der Waals surface area contributed by atoms with Gasteiger partial charge < -0.3 is 5.32 Å². The molecule has 19 heavy (non-hydrogen) atoms. The molecule has 4 heteroatoms. The Labute approximate surface area is 125 Å². The molecule has 1 amide bonds. The zero-order valence-corrected chi connectivity index (χ0v) is 12.8. The maximum absolute atomic E-state index is 12.3. The number of benzene rings is 2. The number of carbonyl (C=O) groups excluding carboxylic acids is 1. The van der Waals surface area contributed by atoms with Crippen molar-refractivity contribution in [3.63, 3.8) is 0 Å². The van der Waals surface area contributed by atoms with Crippen LogP contribution in [0.4, 0.5) is 5.69 Å². The third kappa shape index (κ3) is 3.17. The van der Waals surface area contributed by atoms with E-state index in [0.717, 1.165) is 21.3 Å². The monoisotopic (exact) mass is 337 g/mol. The molecule has 0 saturated carbocycles. The van der Waals surface area contributed by atoms with Crippen LogP contribution in [0.5, 0.6) is 0 Å². The first kappa shape index (κ1) is 14.1. The molecule has 2 aromatic carbocycles. The molecule has 0 fully saturated rings. The van der Waals surface area contributed by atoms with E-state index in [0.29, 0.717) is 11.4 Å². The first-order chi connectivity index (χ1) is 9.13. The lowest BCUT2D eigenvalue weighted by molar-refractivity contribution is 0.102. The van der Waals surface area contributed by atoms with Crippen molar-refractivity contribution in [3.8, 4) is 0 Å². The summed E-state index contributed by atoms with van der Waals surface area (Å²) in [6.45, 7) is 1.91. The fourth-order valence-corrected chi connectivity index (χ4v) is 2.40. The number of para-hydroxylation sites is 1. The summed E-state index contributed by atoms with van der Waals surface area (Å²) in [6, 6.07) is 13.1. The molecule has 0 saturated heterocycles. The van der Waals surface area contributed by atoms with Crippen LogP contribution in [-0.2, 0) is 5.88 Å². The summed E-state index contributed by atoms with van der Waals surface area (Å²) in [5.41, 5.74) is 3.23. The van der Waals surface area contributed by atoms with Crippen molar-refractivity contribution in [2.45, 2.75) is 12.8 Å². The lowest BCUT2D eigenvalue weighted by Gasteiger charge is -2.11. The summed E-state index contributed by atoms with van der Waals surface area (Å²) in [5.74, 6) is 0.241. The molecule has 2 nitrogen and oxygen atoms in total. The van der Waals surface area contributed by atoms with Crippen LogP contribution in [0.15, 0.2) is 46.9 Å². The van der Waals surface area contributed by atoms with Gasteiger partial charge in [-0.15, -0.1) is 11.6 Å². The molecule has 98 valence electrons. The zero-order valence-electron chi connectivity index (χ0n) is 10.4. The van der Waals surface area contributed by atoms with E-state index >= 15 is 0 Å².